The number of aromatic nitrogens is 2. The summed E-state index contributed by atoms with van der Waals surface area (Å²) in [6.45, 7) is 4.67. The Morgan fingerprint density at radius 3 is 3.29 bits per heavy atom. The summed E-state index contributed by atoms with van der Waals surface area (Å²) >= 11 is 0. The lowest BCUT2D eigenvalue weighted by molar-refractivity contribution is 0.268. The molecule has 3 rings (SSSR count). The van der Waals surface area contributed by atoms with Crippen molar-refractivity contribution in [3.63, 3.8) is 0 Å². The highest BCUT2D eigenvalue weighted by atomic mass is 15.1. The molecule has 1 spiro atoms. The molecule has 1 aromatic rings. The molecule has 0 radical (unpaired) electrons. The molecule has 2 heterocycles. The zero-order valence-corrected chi connectivity index (χ0v) is 8.64. The molecule has 0 aromatic carbocycles. The van der Waals surface area contributed by atoms with Crippen LogP contribution >= 0.6 is 0 Å². The first-order valence-corrected chi connectivity index (χ1v) is 5.56. The summed E-state index contributed by atoms with van der Waals surface area (Å²) in [6.07, 6.45) is 5.80. The Balaban J connectivity index is 2.11. The summed E-state index contributed by atoms with van der Waals surface area (Å²) in [7, 11) is 0. The fourth-order valence-corrected chi connectivity index (χ4v) is 3.17. The number of nitrogens with one attached hydrogen (secondary N) is 2. The first kappa shape index (κ1) is 8.48. The molecule has 14 heavy (non-hydrogen) atoms. The van der Waals surface area contributed by atoms with Crippen molar-refractivity contribution >= 4 is 0 Å². The molecule has 1 aromatic heterocycles. The molecule has 2 N–H and O–H groups in total. The Morgan fingerprint density at radius 2 is 2.50 bits per heavy atom. The SMILES string of the molecule is CC1CCc2cn[nH]c2C12CCNC2. The highest BCUT2D eigenvalue weighted by Crippen LogP contribution is 2.44. The van der Waals surface area contributed by atoms with Crippen molar-refractivity contribution in [2.24, 2.45) is 5.92 Å². The van der Waals surface area contributed by atoms with E-state index in [1.54, 1.807) is 0 Å². The number of fused-ring (bicyclic) bond motifs is 2. The van der Waals surface area contributed by atoms with Crippen LogP contribution in [0.4, 0.5) is 0 Å². The molecule has 2 unspecified atom stereocenters. The monoisotopic (exact) mass is 191 g/mol. The highest BCUT2D eigenvalue weighted by Gasteiger charge is 2.45. The van der Waals surface area contributed by atoms with Gasteiger partial charge in [0.25, 0.3) is 0 Å². The van der Waals surface area contributed by atoms with Gasteiger partial charge in [-0.05, 0) is 37.3 Å². The van der Waals surface area contributed by atoms with Crippen molar-refractivity contribution in [3.05, 3.63) is 17.5 Å². The standard InChI is InChI=1S/C11H17N3/c1-8-2-3-9-6-13-14-10(9)11(8)4-5-12-7-11/h6,8,12H,2-5,7H2,1H3,(H,13,14). The summed E-state index contributed by atoms with van der Waals surface area (Å²) in [4.78, 5) is 0. The second-order valence-electron chi connectivity index (χ2n) is 4.79. The maximum absolute atomic E-state index is 4.20. The van der Waals surface area contributed by atoms with Crippen LogP contribution in [-0.4, -0.2) is 23.3 Å². The predicted octanol–water partition coefficient (Wildman–Crippen LogP) is 1.22. The summed E-state index contributed by atoms with van der Waals surface area (Å²) in [6, 6.07) is 0. The Kier molecular flexibility index (Phi) is 1.71. The Labute approximate surface area is 84.3 Å². The van der Waals surface area contributed by atoms with Crippen molar-refractivity contribution in [1.82, 2.24) is 15.5 Å². The quantitative estimate of drug-likeness (QED) is 0.647. The lowest BCUT2D eigenvalue weighted by atomic mass is 9.66. The van der Waals surface area contributed by atoms with Gasteiger partial charge in [-0.3, -0.25) is 5.10 Å². The molecule has 3 heteroatoms. The third-order valence-corrected chi connectivity index (χ3v) is 4.19. The molecule has 1 aliphatic carbocycles. The second-order valence-corrected chi connectivity index (χ2v) is 4.79. The van der Waals surface area contributed by atoms with Gasteiger partial charge in [0.05, 0.1) is 6.20 Å². The number of H-pyrrole nitrogens is 1. The van der Waals surface area contributed by atoms with Gasteiger partial charge in [0, 0.05) is 17.7 Å². The van der Waals surface area contributed by atoms with Crippen molar-refractivity contribution in [2.75, 3.05) is 13.1 Å². The zero-order valence-electron chi connectivity index (χ0n) is 8.64. The van der Waals surface area contributed by atoms with E-state index in [1.807, 2.05) is 6.20 Å². The smallest absolute Gasteiger partial charge is 0.0522 e. The van der Waals surface area contributed by atoms with Crippen LogP contribution in [0.3, 0.4) is 0 Å². The van der Waals surface area contributed by atoms with E-state index in [4.69, 9.17) is 0 Å². The Morgan fingerprint density at radius 1 is 1.57 bits per heavy atom. The fraction of sp³-hybridized carbons (Fsp3) is 0.727. The predicted molar refractivity (Wildman–Crippen MR) is 55.2 cm³/mol. The molecule has 1 aliphatic heterocycles. The Hall–Kier alpha value is -0.830. The van der Waals surface area contributed by atoms with Crippen molar-refractivity contribution in [3.8, 4) is 0 Å². The van der Waals surface area contributed by atoms with Gasteiger partial charge in [0.15, 0.2) is 0 Å². The molecule has 1 fully saturated rings. The third-order valence-electron chi connectivity index (χ3n) is 4.19. The van der Waals surface area contributed by atoms with E-state index in [0.29, 0.717) is 5.41 Å². The molecular weight excluding hydrogens is 174 g/mol. The molecule has 2 atom stereocenters. The summed E-state index contributed by atoms with van der Waals surface area (Å²) in [5.41, 5.74) is 3.23. The average Bonchev–Trinajstić information content (AvgIpc) is 2.82. The first-order valence-electron chi connectivity index (χ1n) is 5.56. The number of aromatic amines is 1. The van der Waals surface area contributed by atoms with Crippen molar-refractivity contribution in [2.45, 2.75) is 31.6 Å². The highest BCUT2D eigenvalue weighted by molar-refractivity contribution is 5.32. The molecule has 0 bridgehead atoms. The lowest BCUT2D eigenvalue weighted by Gasteiger charge is -2.38. The Bertz CT molecular complexity index is 336. The molecule has 1 saturated heterocycles. The van der Waals surface area contributed by atoms with Gasteiger partial charge in [-0.15, -0.1) is 0 Å². The van der Waals surface area contributed by atoms with Crippen LogP contribution < -0.4 is 5.32 Å². The maximum atomic E-state index is 4.20. The van der Waals surface area contributed by atoms with E-state index in [0.717, 1.165) is 19.0 Å². The fourth-order valence-electron chi connectivity index (χ4n) is 3.17. The van der Waals surface area contributed by atoms with Crippen LogP contribution in [0.1, 0.15) is 31.0 Å². The van der Waals surface area contributed by atoms with E-state index < -0.39 is 0 Å². The van der Waals surface area contributed by atoms with E-state index >= 15 is 0 Å². The van der Waals surface area contributed by atoms with Crippen LogP contribution in [0.5, 0.6) is 0 Å². The van der Waals surface area contributed by atoms with Crippen molar-refractivity contribution < 1.29 is 0 Å². The molecule has 3 nitrogen and oxygen atoms in total. The largest absolute Gasteiger partial charge is 0.316 e. The number of rotatable bonds is 0. The third kappa shape index (κ3) is 0.934. The van der Waals surface area contributed by atoms with Gasteiger partial charge in [0.2, 0.25) is 0 Å². The normalized spacial score (nSPS) is 36.2. The number of hydrogen-bond acceptors (Lipinski definition) is 2. The van der Waals surface area contributed by atoms with Gasteiger partial charge in [-0.25, -0.2) is 0 Å². The molecular formula is C11H17N3. The van der Waals surface area contributed by atoms with Gasteiger partial charge >= 0.3 is 0 Å². The van der Waals surface area contributed by atoms with Crippen LogP contribution in [0.15, 0.2) is 6.20 Å². The number of aryl methyl sites for hydroxylation is 1. The van der Waals surface area contributed by atoms with Gasteiger partial charge in [-0.2, -0.15) is 5.10 Å². The minimum absolute atomic E-state index is 0.365. The summed E-state index contributed by atoms with van der Waals surface area (Å²) in [5, 5.41) is 10.9. The van der Waals surface area contributed by atoms with Gasteiger partial charge < -0.3 is 5.32 Å². The molecule has 0 amide bonds. The van der Waals surface area contributed by atoms with E-state index in [1.165, 1.54) is 30.5 Å². The second kappa shape index (κ2) is 2.83. The number of hydrogen-bond donors (Lipinski definition) is 2. The van der Waals surface area contributed by atoms with Gasteiger partial charge in [-0.1, -0.05) is 6.92 Å². The van der Waals surface area contributed by atoms with Crippen LogP contribution in [0, 0.1) is 5.92 Å². The van der Waals surface area contributed by atoms with Crippen molar-refractivity contribution in [1.29, 1.82) is 0 Å². The minimum atomic E-state index is 0.365. The van der Waals surface area contributed by atoms with E-state index in [2.05, 4.69) is 22.4 Å². The minimum Gasteiger partial charge on any atom is -0.316 e. The van der Waals surface area contributed by atoms with E-state index in [9.17, 15) is 0 Å². The van der Waals surface area contributed by atoms with Crippen LogP contribution in [-0.2, 0) is 11.8 Å². The lowest BCUT2D eigenvalue weighted by Crippen LogP contribution is -2.40. The zero-order chi connectivity index (χ0) is 9.60. The first-order chi connectivity index (χ1) is 6.83. The molecule has 0 saturated carbocycles. The summed E-state index contributed by atoms with van der Waals surface area (Å²) < 4.78 is 0. The molecule has 2 aliphatic rings. The van der Waals surface area contributed by atoms with E-state index in [-0.39, 0.29) is 0 Å². The maximum Gasteiger partial charge on any atom is 0.0522 e. The van der Waals surface area contributed by atoms with Crippen LogP contribution in [0.2, 0.25) is 0 Å². The van der Waals surface area contributed by atoms with Crippen LogP contribution in [0.25, 0.3) is 0 Å². The molecule has 76 valence electrons. The average molecular weight is 191 g/mol. The topological polar surface area (TPSA) is 40.7 Å². The summed E-state index contributed by atoms with van der Waals surface area (Å²) in [5.74, 6) is 0.783. The number of nitrogens with zero attached hydrogens (tertiary/aromatic N) is 1. The van der Waals surface area contributed by atoms with Gasteiger partial charge in [0.1, 0.15) is 0 Å².